The zero-order valence-electron chi connectivity index (χ0n) is 10.3. The zero-order chi connectivity index (χ0) is 13.8. The van der Waals surface area contributed by atoms with E-state index >= 15 is 0 Å². The lowest BCUT2D eigenvalue weighted by Crippen LogP contribution is -2.11. The molecule has 0 spiro atoms. The maximum absolute atomic E-state index is 13.1. The quantitative estimate of drug-likeness (QED) is 0.671. The summed E-state index contributed by atoms with van der Waals surface area (Å²) in [6, 6.07) is 8.06. The van der Waals surface area contributed by atoms with E-state index in [2.05, 4.69) is 0 Å². The van der Waals surface area contributed by atoms with Crippen LogP contribution in [-0.4, -0.2) is 7.69 Å². The lowest BCUT2D eigenvalue weighted by molar-refractivity contribution is 0.454. The van der Waals surface area contributed by atoms with E-state index in [1.54, 1.807) is 0 Å². The summed E-state index contributed by atoms with van der Waals surface area (Å²) in [5.41, 5.74) is 10.7. The summed E-state index contributed by atoms with van der Waals surface area (Å²) < 4.78 is 36.5. The minimum absolute atomic E-state index is 0. The molecule has 2 aromatic rings. The van der Waals surface area contributed by atoms with Gasteiger partial charge in [-0.15, -0.1) is 12.4 Å². The molecule has 0 heterocycles. The van der Waals surface area contributed by atoms with E-state index in [1.165, 1.54) is 24.3 Å². The van der Waals surface area contributed by atoms with Gasteiger partial charge >= 0.3 is 7.69 Å². The summed E-state index contributed by atoms with van der Waals surface area (Å²) >= 11 is 0. The van der Waals surface area contributed by atoms with Crippen molar-refractivity contribution in [3.8, 4) is 11.5 Å². The summed E-state index contributed by atoms with van der Waals surface area (Å²) in [6.45, 7) is 0. The summed E-state index contributed by atoms with van der Waals surface area (Å²) in [7, 11) is -0.188. The van der Waals surface area contributed by atoms with Crippen LogP contribution in [0.3, 0.4) is 0 Å². The van der Waals surface area contributed by atoms with Crippen molar-refractivity contribution in [1.29, 1.82) is 0 Å². The first-order chi connectivity index (χ1) is 9.06. The van der Waals surface area contributed by atoms with Crippen molar-refractivity contribution < 1.29 is 18.1 Å². The van der Waals surface area contributed by atoms with Gasteiger partial charge in [0.2, 0.25) is 0 Å². The average Bonchev–Trinajstić information content (AvgIpc) is 2.38. The number of nitrogens with two attached hydrogens (primary N) is 2. The largest absolute Gasteiger partial charge is 0.576 e. The Balaban J connectivity index is 0.00000200. The first-order valence-electron chi connectivity index (χ1n) is 5.42. The maximum Gasteiger partial charge on any atom is 0.576 e. The Kier molecular flexibility index (Phi) is 5.46. The molecule has 0 aromatic heterocycles. The number of anilines is 2. The van der Waals surface area contributed by atoms with E-state index in [0.29, 0.717) is 0 Å². The standard InChI is InChI=1S/C12H11BF2N2O2.ClH/c14-9-5-7(1-3-11(9)16)18-13-19-8-2-4-12(17)10(15)6-8;/h1-6,13H,16-17H2;1H. The molecule has 2 aromatic carbocycles. The molecule has 0 amide bonds. The van der Waals surface area contributed by atoms with Crippen LogP contribution in [0.15, 0.2) is 36.4 Å². The number of hydrogen-bond acceptors (Lipinski definition) is 4. The second-order valence-electron chi connectivity index (χ2n) is 3.77. The van der Waals surface area contributed by atoms with Crippen LogP contribution < -0.4 is 20.8 Å². The Morgan fingerprint density at radius 1 is 0.800 bits per heavy atom. The van der Waals surface area contributed by atoms with Gasteiger partial charge in [-0.05, 0) is 24.3 Å². The van der Waals surface area contributed by atoms with E-state index in [0.717, 1.165) is 12.1 Å². The van der Waals surface area contributed by atoms with Crippen LogP contribution in [0.2, 0.25) is 0 Å². The third kappa shape index (κ3) is 3.93. The number of benzene rings is 2. The molecule has 4 N–H and O–H groups in total. The molecule has 0 unspecified atom stereocenters. The molecule has 0 saturated carbocycles. The zero-order valence-corrected chi connectivity index (χ0v) is 11.1. The van der Waals surface area contributed by atoms with E-state index in [-0.39, 0.29) is 43.0 Å². The monoisotopic (exact) mass is 300 g/mol. The number of nitrogen functional groups attached to an aromatic ring is 2. The van der Waals surface area contributed by atoms with Crippen LogP contribution in [0.1, 0.15) is 0 Å². The van der Waals surface area contributed by atoms with Gasteiger partial charge in [-0.2, -0.15) is 0 Å². The molecule has 0 radical (unpaired) electrons. The number of halogens is 3. The number of rotatable bonds is 4. The lowest BCUT2D eigenvalue weighted by Gasteiger charge is -2.08. The fourth-order valence-electron chi connectivity index (χ4n) is 1.36. The van der Waals surface area contributed by atoms with Crippen LogP contribution in [0.5, 0.6) is 11.5 Å². The molecule has 0 atom stereocenters. The smallest absolute Gasteiger partial charge is 0.528 e. The average molecular weight is 301 g/mol. The topological polar surface area (TPSA) is 70.5 Å². The highest BCUT2D eigenvalue weighted by Gasteiger charge is 2.05. The number of hydrogen-bond donors (Lipinski definition) is 2. The van der Waals surface area contributed by atoms with Crippen molar-refractivity contribution in [2.24, 2.45) is 0 Å². The third-order valence-corrected chi connectivity index (χ3v) is 2.40. The summed E-state index contributed by atoms with van der Waals surface area (Å²) in [4.78, 5) is 0. The Labute approximate surface area is 121 Å². The molecule has 2 rings (SSSR count). The Morgan fingerprint density at radius 2 is 1.20 bits per heavy atom. The molecule has 0 aliphatic rings. The fourth-order valence-corrected chi connectivity index (χ4v) is 1.36. The van der Waals surface area contributed by atoms with E-state index < -0.39 is 11.6 Å². The molecule has 0 aliphatic heterocycles. The predicted molar refractivity (Wildman–Crippen MR) is 77.3 cm³/mol. The summed E-state index contributed by atoms with van der Waals surface area (Å²) in [5.74, 6) is -0.614. The lowest BCUT2D eigenvalue weighted by atomic mass is 10.2. The molecule has 20 heavy (non-hydrogen) atoms. The van der Waals surface area contributed by atoms with Crippen molar-refractivity contribution in [3.05, 3.63) is 48.0 Å². The van der Waals surface area contributed by atoms with Gasteiger partial charge in [0.1, 0.15) is 23.1 Å². The second-order valence-corrected chi connectivity index (χ2v) is 3.77. The third-order valence-electron chi connectivity index (χ3n) is 2.40. The highest BCUT2D eigenvalue weighted by Crippen LogP contribution is 2.19. The van der Waals surface area contributed by atoms with Gasteiger partial charge in [-0.3, -0.25) is 0 Å². The van der Waals surface area contributed by atoms with E-state index in [1.807, 2.05) is 0 Å². The molecular weight excluding hydrogens is 288 g/mol. The maximum atomic E-state index is 13.1. The highest BCUT2D eigenvalue weighted by atomic mass is 35.5. The summed E-state index contributed by atoms with van der Waals surface area (Å²) in [6.07, 6.45) is 0. The van der Waals surface area contributed by atoms with Crippen LogP contribution in [0, 0.1) is 11.6 Å². The minimum atomic E-state index is -0.573. The SMILES string of the molecule is Cl.Nc1ccc(OBOc2ccc(N)c(F)c2)cc1F. The molecule has 0 fully saturated rings. The van der Waals surface area contributed by atoms with Crippen LogP contribution in [-0.2, 0) is 0 Å². The van der Waals surface area contributed by atoms with Crippen molar-refractivity contribution in [2.75, 3.05) is 11.5 Å². The predicted octanol–water partition coefficient (Wildman–Crippen LogP) is 2.28. The van der Waals surface area contributed by atoms with Gasteiger partial charge in [-0.1, -0.05) is 0 Å². The van der Waals surface area contributed by atoms with E-state index in [4.69, 9.17) is 20.8 Å². The van der Waals surface area contributed by atoms with Gasteiger partial charge in [0.15, 0.2) is 0 Å². The first kappa shape index (κ1) is 15.9. The van der Waals surface area contributed by atoms with Gasteiger partial charge in [-0.25, -0.2) is 8.78 Å². The molecule has 0 bridgehead atoms. The Morgan fingerprint density at radius 3 is 1.55 bits per heavy atom. The molecule has 8 heteroatoms. The molecule has 0 aliphatic carbocycles. The van der Waals surface area contributed by atoms with Crippen molar-refractivity contribution >= 4 is 31.5 Å². The highest BCUT2D eigenvalue weighted by molar-refractivity contribution is 6.20. The van der Waals surface area contributed by atoms with Gasteiger partial charge in [0.05, 0.1) is 11.4 Å². The fraction of sp³-hybridized carbons (Fsp3) is 0. The first-order valence-corrected chi connectivity index (χ1v) is 5.42. The van der Waals surface area contributed by atoms with E-state index in [9.17, 15) is 8.78 Å². The van der Waals surface area contributed by atoms with Gasteiger partial charge in [0.25, 0.3) is 0 Å². The van der Waals surface area contributed by atoms with Crippen molar-refractivity contribution in [2.45, 2.75) is 0 Å². The molecule has 4 nitrogen and oxygen atoms in total. The van der Waals surface area contributed by atoms with Crippen molar-refractivity contribution in [3.63, 3.8) is 0 Å². The van der Waals surface area contributed by atoms with Gasteiger partial charge < -0.3 is 20.8 Å². The van der Waals surface area contributed by atoms with Crippen LogP contribution in [0.4, 0.5) is 20.2 Å². The van der Waals surface area contributed by atoms with Crippen LogP contribution >= 0.6 is 12.4 Å². The van der Waals surface area contributed by atoms with Crippen molar-refractivity contribution in [1.82, 2.24) is 0 Å². The molecular formula is C12H12BClF2N2O2. The second kappa shape index (κ2) is 6.86. The summed E-state index contributed by atoms with van der Waals surface area (Å²) in [5, 5.41) is 0. The molecule has 0 saturated heterocycles. The Hall–Kier alpha value is -2.15. The minimum Gasteiger partial charge on any atom is -0.528 e. The van der Waals surface area contributed by atoms with Crippen LogP contribution in [0.25, 0.3) is 0 Å². The van der Waals surface area contributed by atoms with Gasteiger partial charge in [0, 0.05) is 12.1 Å². The normalized spacial score (nSPS) is 9.50. The Bertz CT molecular complexity index is 550. The molecule has 106 valence electrons.